The smallest absolute Gasteiger partial charge is 0.254 e. The van der Waals surface area contributed by atoms with Crippen LogP contribution in [0, 0.1) is 13.8 Å². The van der Waals surface area contributed by atoms with Gasteiger partial charge in [-0.15, -0.1) is 0 Å². The lowest BCUT2D eigenvalue weighted by Gasteiger charge is -2.21. The van der Waals surface area contributed by atoms with Crippen molar-refractivity contribution in [2.24, 2.45) is 0 Å². The van der Waals surface area contributed by atoms with Crippen LogP contribution in [0.5, 0.6) is 0 Å². The second-order valence-corrected chi connectivity index (χ2v) is 12.4. The van der Waals surface area contributed by atoms with Crippen LogP contribution in [0.4, 0.5) is 0 Å². The maximum absolute atomic E-state index is 13.6. The number of aryl methyl sites for hydroxylation is 2. The van der Waals surface area contributed by atoms with Gasteiger partial charge in [-0.05, 0) is 93.7 Å². The summed E-state index contributed by atoms with van der Waals surface area (Å²) in [5, 5.41) is 0. The van der Waals surface area contributed by atoms with E-state index in [2.05, 4.69) is 81.8 Å². The summed E-state index contributed by atoms with van der Waals surface area (Å²) in [6, 6.07) is 24.8. The molecule has 3 aromatic heterocycles. The molecule has 0 atom stereocenters. The van der Waals surface area contributed by atoms with Crippen molar-refractivity contribution < 1.29 is 4.79 Å². The van der Waals surface area contributed by atoms with E-state index in [0.717, 1.165) is 65.4 Å². The molecule has 0 saturated carbocycles. The van der Waals surface area contributed by atoms with Crippen molar-refractivity contribution in [3.63, 3.8) is 0 Å². The molecule has 4 heterocycles. The molecule has 6 rings (SSSR count). The summed E-state index contributed by atoms with van der Waals surface area (Å²) >= 11 is 0. The van der Waals surface area contributed by atoms with Crippen LogP contribution < -0.4 is 0 Å². The van der Waals surface area contributed by atoms with Crippen LogP contribution in [0.15, 0.2) is 97.3 Å². The Labute approximate surface area is 278 Å². The van der Waals surface area contributed by atoms with Crippen LogP contribution in [0.2, 0.25) is 0 Å². The number of nitrogens with zero attached hydrogens (tertiary/aromatic N) is 6. The van der Waals surface area contributed by atoms with E-state index in [1.807, 2.05) is 54.3 Å². The summed E-state index contributed by atoms with van der Waals surface area (Å²) in [6.07, 6.45) is 13.4. The summed E-state index contributed by atoms with van der Waals surface area (Å²) in [6.45, 7) is 11.4. The first-order valence-electron chi connectivity index (χ1n) is 16.8. The standard InChI is InChI=1S/C40H44N6O/c1-4-23-45(40(47)34-18-14-32(15-19-34)29-46-31(3)42-38-28-41-22-20-39(38)46)26-8-10-35-9-7-11-37(43-35)36(21-27-44-24-5-6-25-44)33-16-12-30(2)13-17-33/h7-22,28H,4-6,23-27,29H2,1-3H3/b10-8+,36-21+. The van der Waals surface area contributed by atoms with E-state index >= 15 is 0 Å². The highest BCUT2D eigenvalue weighted by atomic mass is 16.2. The summed E-state index contributed by atoms with van der Waals surface area (Å²) < 4.78 is 2.18. The zero-order valence-electron chi connectivity index (χ0n) is 27.8. The Balaban J connectivity index is 1.14. The fourth-order valence-electron chi connectivity index (χ4n) is 6.25. The molecule has 1 fully saturated rings. The molecule has 0 aliphatic carbocycles. The number of aromatic nitrogens is 4. The number of amides is 1. The quantitative estimate of drug-likeness (QED) is 0.143. The van der Waals surface area contributed by atoms with Crippen molar-refractivity contribution in [1.29, 1.82) is 0 Å². The summed E-state index contributed by atoms with van der Waals surface area (Å²) in [4.78, 5) is 31.9. The van der Waals surface area contributed by atoms with Gasteiger partial charge in [0.15, 0.2) is 0 Å². The number of carbonyl (C=O) groups is 1. The predicted octanol–water partition coefficient (Wildman–Crippen LogP) is 7.58. The van der Waals surface area contributed by atoms with E-state index in [-0.39, 0.29) is 5.91 Å². The largest absolute Gasteiger partial charge is 0.335 e. The van der Waals surface area contributed by atoms with Crippen molar-refractivity contribution in [1.82, 2.24) is 29.3 Å². The Hall–Kier alpha value is -4.88. The third-order valence-electron chi connectivity index (χ3n) is 8.84. The molecule has 0 radical (unpaired) electrons. The number of benzene rings is 2. The number of fused-ring (bicyclic) bond motifs is 1. The van der Waals surface area contributed by atoms with Crippen molar-refractivity contribution in [2.75, 3.05) is 32.7 Å². The van der Waals surface area contributed by atoms with Gasteiger partial charge in [-0.1, -0.05) is 67.1 Å². The highest BCUT2D eigenvalue weighted by Crippen LogP contribution is 2.24. The van der Waals surface area contributed by atoms with Crippen molar-refractivity contribution >= 4 is 28.6 Å². The van der Waals surface area contributed by atoms with Gasteiger partial charge in [-0.3, -0.25) is 14.7 Å². The van der Waals surface area contributed by atoms with E-state index in [9.17, 15) is 4.79 Å². The molecule has 2 aromatic carbocycles. The molecule has 0 N–H and O–H groups in total. The van der Waals surface area contributed by atoms with Crippen LogP contribution in [0.3, 0.4) is 0 Å². The van der Waals surface area contributed by atoms with Crippen LogP contribution in [0.25, 0.3) is 22.7 Å². The molecule has 0 bridgehead atoms. The van der Waals surface area contributed by atoms with E-state index in [0.29, 0.717) is 25.2 Å². The molecule has 1 amide bonds. The third-order valence-corrected chi connectivity index (χ3v) is 8.84. The van der Waals surface area contributed by atoms with Gasteiger partial charge in [0, 0.05) is 43.5 Å². The maximum atomic E-state index is 13.6. The molecule has 1 saturated heterocycles. The fourth-order valence-corrected chi connectivity index (χ4v) is 6.25. The third kappa shape index (κ3) is 7.92. The Kier molecular flexibility index (Phi) is 10.3. The average Bonchev–Trinajstić information content (AvgIpc) is 3.73. The SMILES string of the molecule is CCCN(C/C=C/c1cccc(/C(=C/CN2CCCC2)c2ccc(C)cc2)n1)C(=O)c1ccc(Cn2c(C)nc3cnccc32)cc1. The number of hydrogen-bond donors (Lipinski definition) is 0. The first kappa shape index (κ1) is 32.1. The monoisotopic (exact) mass is 624 g/mol. The van der Waals surface area contributed by atoms with Crippen molar-refractivity contribution in [2.45, 2.75) is 46.6 Å². The highest BCUT2D eigenvalue weighted by Gasteiger charge is 2.16. The molecule has 5 aromatic rings. The number of hydrogen-bond acceptors (Lipinski definition) is 5. The number of carbonyl (C=O) groups excluding carboxylic acids is 1. The van der Waals surface area contributed by atoms with Gasteiger partial charge in [0.25, 0.3) is 5.91 Å². The molecule has 7 nitrogen and oxygen atoms in total. The number of rotatable bonds is 12. The van der Waals surface area contributed by atoms with Crippen LogP contribution in [0.1, 0.15) is 70.4 Å². The number of pyridine rings is 2. The lowest BCUT2D eigenvalue weighted by atomic mass is 10.00. The van der Waals surface area contributed by atoms with Crippen LogP contribution >= 0.6 is 0 Å². The number of likely N-dealkylation sites (tertiary alicyclic amines) is 1. The second-order valence-electron chi connectivity index (χ2n) is 12.4. The molecule has 7 heteroatoms. The minimum absolute atomic E-state index is 0.0339. The molecule has 47 heavy (non-hydrogen) atoms. The topological polar surface area (TPSA) is 67.2 Å². The zero-order chi connectivity index (χ0) is 32.6. The van der Waals surface area contributed by atoms with Gasteiger partial charge in [-0.25, -0.2) is 9.97 Å². The van der Waals surface area contributed by atoms with Crippen molar-refractivity contribution in [3.05, 3.63) is 137 Å². The van der Waals surface area contributed by atoms with Gasteiger partial charge >= 0.3 is 0 Å². The highest BCUT2D eigenvalue weighted by molar-refractivity contribution is 5.94. The van der Waals surface area contributed by atoms with Crippen molar-refractivity contribution in [3.8, 4) is 0 Å². The van der Waals surface area contributed by atoms with E-state index in [1.165, 1.54) is 24.0 Å². The van der Waals surface area contributed by atoms with Gasteiger partial charge in [0.2, 0.25) is 0 Å². The summed E-state index contributed by atoms with van der Waals surface area (Å²) in [5.74, 6) is 0.977. The Morgan fingerprint density at radius 3 is 2.45 bits per heavy atom. The molecule has 240 valence electrons. The Bertz CT molecular complexity index is 1860. The van der Waals surface area contributed by atoms with Gasteiger partial charge in [-0.2, -0.15) is 0 Å². The minimum Gasteiger partial charge on any atom is -0.335 e. The van der Waals surface area contributed by atoms with Crippen LogP contribution in [-0.2, 0) is 6.54 Å². The lowest BCUT2D eigenvalue weighted by molar-refractivity contribution is 0.0774. The van der Waals surface area contributed by atoms with Gasteiger partial charge < -0.3 is 9.47 Å². The summed E-state index contributed by atoms with van der Waals surface area (Å²) in [5.41, 5.74) is 9.19. The zero-order valence-corrected chi connectivity index (χ0v) is 27.8. The van der Waals surface area contributed by atoms with Crippen LogP contribution in [-0.4, -0.2) is 67.9 Å². The lowest BCUT2D eigenvalue weighted by Crippen LogP contribution is -2.31. The molecule has 1 aliphatic rings. The van der Waals surface area contributed by atoms with Gasteiger partial charge in [0.05, 0.1) is 23.1 Å². The fraction of sp³-hybridized carbons (Fsp3) is 0.300. The molecule has 1 aliphatic heterocycles. The Morgan fingerprint density at radius 2 is 1.68 bits per heavy atom. The Morgan fingerprint density at radius 1 is 0.915 bits per heavy atom. The molecular formula is C40H44N6O. The molecule has 0 spiro atoms. The minimum atomic E-state index is 0.0339. The second kappa shape index (κ2) is 15.1. The first-order chi connectivity index (χ1) is 23.0. The molecule has 0 unspecified atom stereocenters. The van der Waals surface area contributed by atoms with E-state index in [1.54, 1.807) is 12.4 Å². The molecular weight excluding hydrogens is 580 g/mol. The summed E-state index contributed by atoms with van der Waals surface area (Å²) in [7, 11) is 0. The van der Waals surface area contributed by atoms with E-state index < -0.39 is 0 Å². The normalized spacial score (nSPS) is 14.0. The van der Waals surface area contributed by atoms with Gasteiger partial charge in [0.1, 0.15) is 11.3 Å². The predicted molar refractivity (Wildman–Crippen MR) is 191 cm³/mol. The average molecular weight is 625 g/mol. The van der Waals surface area contributed by atoms with E-state index in [4.69, 9.17) is 4.98 Å². The first-order valence-corrected chi connectivity index (χ1v) is 16.8. The maximum Gasteiger partial charge on any atom is 0.254 e. The number of imidazole rings is 1.